The van der Waals surface area contributed by atoms with E-state index in [0.717, 1.165) is 19.3 Å². The zero-order valence-electron chi connectivity index (χ0n) is 10.6. The van der Waals surface area contributed by atoms with Crippen LogP contribution < -0.4 is 5.19 Å². The minimum absolute atomic E-state index is 0.340. The van der Waals surface area contributed by atoms with Crippen LogP contribution in [0.1, 0.15) is 44.2 Å². The van der Waals surface area contributed by atoms with Crippen LogP contribution in [0, 0.1) is 0 Å². The molecule has 17 heavy (non-hydrogen) atoms. The van der Waals surface area contributed by atoms with Crippen molar-refractivity contribution in [2.24, 2.45) is 0 Å². The third kappa shape index (κ3) is 2.44. The fraction of sp³-hybridized carbons (Fsp3) is 0.571. The lowest BCUT2D eigenvalue weighted by molar-refractivity contribution is 0.572. The van der Waals surface area contributed by atoms with Crippen molar-refractivity contribution in [3.63, 3.8) is 0 Å². The number of rotatable bonds is 3. The molecule has 0 bridgehead atoms. The van der Waals surface area contributed by atoms with Crippen LogP contribution in [0.2, 0.25) is 5.54 Å². The van der Waals surface area contributed by atoms with Gasteiger partial charge in [0.05, 0.1) is 0 Å². The molecule has 3 heteroatoms. The van der Waals surface area contributed by atoms with Crippen LogP contribution in [0.5, 0.6) is 0 Å². The Bertz CT molecular complexity index is 401. The predicted molar refractivity (Wildman–Crippen MR) is 70.4 cm³/mol. The van der Waals surface area contributed by atoms with Gasteiger partial charge >= 0.3 is 8.74 Å². The molecule has 1 aliphatic carbocycles. The molecule has 0 aliphatic heterocycles. The van der Waals surface area contributed by atoms with Crippen molar-refractivity contribution in [1.29, 1.82) is 0 Å². The van der Waals surface area contributed by atoms with Gasteiger partial charge in [-0.15, -0.1) is 0 Å². The van der Waals surface area contributed by atoms with Gasteiger partial charge in [-0.1, -0.05) is 38.5 Å². The van der Waals surface area contributed by atoms with E-state index in [1.807, 2.05) is 13.0 Å². The van der Waals surface area contributed by atoms with Crippen molar-refractivity contribution in [2.75, 3.05) is 0 Å². The SMILES string of the molecule is CCC(C)[Si](F)(F)c1ccc2c(c1)CCCC2. The Labute approximate surface area is 103 Å². The van der Waals surface area contributed by atoms with E-state index in [1.54, 1.807) is 19.1 Å². The molecule has 0 N–H and O–H groups in total. The molecule has 1 aliphatic rings. The zero-order chi connectivity index (χ0) is 12.5. The first kappa shape index (κ1) is 12.7. The molecule has 0 saturated heterocycles. The third-order valence-corrected chi connectivity index (χ3v) is 6.69. The first-order valence-corrected chi connectivity index (χ1v) is 8.39. The van der Waals surface area contributed by atoms with E-state index >= 15 is 0 Å². The van der Waals surface area contributed by atoms with Crippen molar-refractivity contribution in [3.8, 4) is 0 Å². The summed E-state index contributed by atoms with van der Waals surface area (Å²) in [5.74, 6) is 0. The number of fused-ring (bicyclic) bond motifs is 1. The van der Waals surface area contributed by atoms with Crippen molar-refractivity contribution in [2.45, 2.75) is 51.5 Å². The molecule has 2 rings (SSSR count). The Morgan fingerprint density at radius 3 is 2.47 bits per heavy atom. The highest BCUT2D eigenvalue weighted by molar-refractivity contribution is 6.81. The van der Waals surface area contributed by atoms with Crippen molar-refractivity contribution < 1.29 is 8.22 Å². The van der Waals surface area contributed by atoms with E-state index in [-0.39, 0.29) is 0 Å². The molecule has 1 aromatic carbocycles. The number of benzene rings is 1. The predicted octanol–water partition coefficient (Wildman–Crippen LogP) is 3.95. The number of halogens is 2. The summed E-state index contributed by atoms with van der Waals surface area (Å²) in [6.07, 6.45) is 4.95. The van der Waals surface area contributed by atoms with Crippen LogP contribution in [0.3, 0.4) is 0 Å². The highest BCUT2D eigenvalue weighted by Crippen LogP contribution is 2.29. The van der Waals surface area contributed by atoms with Crippen LogP contribution >= 0.6 is 0 Å². The van der Waals surface area contributed by atoms with Crippen molar-refractivity contribution >= 4 is 13.9 Å². The molecule has 0 amide bonds. The Kier molecular flexibility index (Phi) is 3.66. The summed E-state index contributed by atoms with van der Waals surface area (Å²) in [7, 11) is -4.24. The second-order valence-corrected chi connectivity index (χ2v) is 7.93. The highest BCUT2D eigenvalue weighted by atomic mass is 28.4. The fourth-order valence-corrected chi connectivity index (χ4v) is 4.24. The third-order valence-electron chi connectivity index (χ3n) is 3.96. The second-order valence-electron chi connectivity index (χ2n) is 5.12. The van der Waals surface area contributed by atoms with Crippen LogP contribution in [-0.4, -0.2) is 8.74 Å². The van der Waals surface area contributed by atoms with Gasteiger partial charge in [0.25, 0.3) is 0 Å². The van der Waals surface area contributed by atoms with E-state index in [1.165, 1.54) is 17.5 Å². The maximum Gasteiger partial charge on any atom is 0.458 e. The number of aryl methyl sites for hydroxylation is 2. The first-order valence-electron chi connectivity index (χ1n) is 6.55. The van der Waals surface area contributed by atoms with Crippen LogP contribution in [-0.2, 0) is 12.8 Å². The van der Waals surface area contributed by atoms with E-state index in [9.17, 15) is 8.22 Å². The normalized spacial score (nSPS) is 17.6. The maximum atomic E-state index is 14.3. The minimum Gasteiger partial charge on any atom is -0.264 e. The van der Waals surface area contributed by atoms with E-state index in [4.69, 9.17) is 0 Å². The summed E-state index contributed by atoms with van der Waals surface area (Å²) in [5, 5.41) is 0.340. The van der Waals surface area contributed by atoms with Gasteiger partial charge in [-0.3, -0.25) is 8.22 Å². The molecule has 0 saturated carbocycles. The Morgan fingerprint density at radius 1 is 1.18 bits per heavy atom. The molecule has 1 aromatic rings. The number of hydrogen-bond acceptors (Lipinski definition) is 0. The molecular weight excluding hydrogens is 234 g/mol. The lowest BCUT2D eigenvalue weighted by Gasteiger charge is -2.22. The first-order chi connectivity index (χ1) is 8.05. The van der Waals surface area contributed by atoms with Crippen molar-refractivity contribution in [3.05, 3.63) is 29.3 Å². The van der Waals surface area contributed by atoms with Crippen LogP contribution in [0.4, 0.5) is 8.22 Å². The molecular formula is C14H20F2Si. The monoisotopic (exact) mass is 254 g/mol. The molecule has 1 unspecified atom stereocenters. The van der Waals surface area contributed by atoms with Gasteiger partial charge in [-0.05, 0) is 36.8 Å². The van der Waals surface area contributed by atoms with Gasteiger partial charge in [0.2, 0.25) is 0 Å². The van der Waals surface area contributed by atoms with Crippen molar-refractivity contribution in [1.82, 2.24) is 0 Å². The largest absolute Gasteiger partial charge is 0.458 e. The van der Waals surface area contributed by atoms with E-state index in [0.29, 0.717) is 11.6 Å². The van der Waals surface area contributed by atoms with E-state index < -0.39 is 14.3 Å². The lowest BCUT2D eigenvalue weighted by atomic mass is 9.92. The summed E-state index contributed by atoms with van der Waals surface area (Å²) in [5.41, 5.74) is 2.00. The van der Waals surface area contributed by atoms with Gasteiger partial charge in [0.15, 0.2) is 0 Å². The summed E-state index contributed by atoms with van der Waals surface area (Å²) < 4.78 is 28.5. The Hall–Kier alpha value is -0.703. The molecule has 94 valence electrons. The summed E-state index contributed by atoms with van der Waals surface area (Å²) in [6.45, 7) is 3.54. The average Bonchev–Trinajstić information content (AvgIpc) is 2.37. The maximum absolute atomic E-state index is 14.3. The lowest BCUT2D eigenvalue weighted by Crippen LogP contribution is -2.43. The second kappa shape index (κ2) is 4.89. The topological polar surface area (TPSA) is 0 Å². The van der Waals surface area contributed by atoms with Crippen LogP contribution in [0.25, 0.3) is 0 Å². The standard InChI is InChI=1S/C14H20F2Si/c1-3-11(2)17(15,16)14-9-8-12-6-4-5-7-13(12)10-14/h8-11H,3-7H2,1-2H3. The molecule has 0 radical (unpaired) electrons. The molecule has 0 aromatic heterocycles. The molecule has 0 spiro atoms. The van der Waals surface area contributed by atoms with Gasteiger partial charge < -0.3 is 0 Å². The zero-order valence-corrected chi connectivity index (χ0v) is 11.6. The molecule has 0 fully saturated rings. The highest BCUT2D eigenvalue weighted by Gasteiger charge is 2.43. The number of hydrogen-bond donors (Lipinski definition) is 0. The molecule has 1 atom stereocenters. The fourth-order valence-electron chi connectivity index (χ4n) is 2.48. The average molecular weight is 254 g/mol. The smallest absolute Gasteiger partial charge is 0.264 e. The van der Waals surface area contributed by atoms with Gasteiger partial charge in [-0.2, -0.15) is 0 Å². The van der Waals surface area contributed by atoms with Gasteiger partial charge in [-0.25, -0.2) is 0 Å². The van der Waals surface area contributed by atoms with E-state index in [2.05, 4.69) is 0 Å². The van der Waals surface area contributed by atoms with Gasteiger partial charge in [0.1, 0.15) is 0 Å². The Balaban J connectivity index is 2.33. The molecule has 0 heterocycles. The summed E-state index contributed by atoms with van der Waals surface area (Å²) in [6, 6.07) is 5.42. The minimum atomic E-state index is -4.24. The van der Waals surface area contributed by atoms with Gasteiger partial charge in [0, 0.05) is 10.7 Å². The Morgan fingerprint density at radius 2 is 1.82 bits per heavy atom. The van der Waals surface area contributed by atoms with Crippen LogP contribution in [0.15, 0.2) is 18.2 Å². The quantitative estimate of drug-likeness (QED) is 0.566. The summed E-state index contributed by atoms with van der Waals surface area (Å²) >= 11 is 0. The summed E-state index contributed by atoms with van der Waals surface area (Å²) in [4.78, 5) is 0. The molecule has 0 nitrogen and oxygen atoms in total.